The minimum atomic E-state index is 0.983. The zero-order valence-electron chi connectivity index (χ0n) is 31.5. The predicted molar refractivity (Wildman–Crippen MR) is 244 cm³/mol. The van der Waals surface area contributed by atoms with Crippen molar-refractivity contribution in [3.05, 3.63) is 212 Å². The molecular weight excluding hydrogens is 703 g/mol. The Labute approximate surface area is 335 Å². The summed E-state index contributed by atoms with van der Waals surface area (Å²) in [5.41, 5.74) is 14.8. The minimum Gasteiger partial charge on any atom is -0.309 e. The first-order chi connectivity index (χ1) is 28.8. The summed E-state index contributed by atoms with van der Waals surface area (Å²) in [6.07, 6.45) is 0. The van der Waals surface area contributed by atoms with Gasteiger partial charge in [0.25, 0.3) is 0 Å². The molecule has 0 bridgehead atoms. The highest BCUT2D eigenvalue weighted by Gasteiger charge is 2.20. The van der Waals surface area contributed by atoms with Crippen molar-refractivity contribution < 1.29 is 0 Å². The molecule has 3 heteroatoms. The lowest BCUT2D eigenvalue weighted by atomic mass is 9.96. The zero-order valence-corrected chi connectivity index (χ0v) is 31.5. The van der Waals surface area contributed by atoms with Gasteiger partial charge in [0, 0.05) is 54.8 Å². The molecule has 0 aliphatic heterocycles. The molecule has 0 fully saturated rings. The van der Waals surface area contributed by atoms with Crippen LogP contribution < -0.4 is 0 Å². The third-order valence-electron chi connectivity index (χ3n) is 11.9. The Morgan fingerprint density at radius 2 is 0.931 bits per heavy atom. The van der Waals surface area contributed by atoms with Crippen molar-refractivity contribution in [3.8, 4) is 44.9 Å². The van der Waals surface area contributed by atoms with Crippen LogP contribution in [0.2, 0.25) is 0 Å². The maximum Gasteiger partial charge on any atom is 0.0788 e. The van der Waals surface area contributed by atoms with Crippen LogP contribution in [-0.4, -0.2) is 14.1 Å². The molecule has 12 aromatic rings. The lowest BCUT2D eigenvalue weighted by molar-refractivity contribution is 1.17. The van der Waals surface area contributed by atoms with E-state index in [4.69, 9.17) is 4.98 Å². The summed E-state index contributed by atoms with van der Waals surface area (Å²) in [6.45, 7) is 0. The Morgan fingerprint density at radius 3 is 1.72 bits per heavy atom. The number of para-hydroxylation sites is 2. The quantitative estimate of drug-likeness (QED) is 0.172. The predicted octanol–water partition coefficient (Wildman–Crippen LogP) is 14.6. The van der Waals surface area contributed by atoms with Gasteiger partial charge in [-0.05, 0) is 82.7 Å². The number of nitrogens with zero attached hydrogens (tertiary/aromatic N) is 3. The molecule has 0 atom stereocenters. The van der Waals surface area contributed by atoms with Crippen LogP contribution in [0.3, 0.4) is 0 Å². The van der Waals surface area contributed by atoms with Crippen LogP contribution in [-0.2, 0) is 0 Å². The Morgan fingerprint density at radius 1 is 0.310 bits per heavy atom. The molecule has 270 valence electrons. The standard InChI is InChI=1S/C55H35N3/c1-4-14-37(15-5-1)47-33-41-32-40(27-31-50(41)56-54(47)39-17-6-2-7-18-39)36-24-28-43(29-25-36)57-51-23-13-12-22-45(51)48-34-49-46-30-26-38-16-10-11-21-44(38)55(46)58(53(49)35-52(48)57)42-19-8-3-9-20-42/h1-35H. The van der Waals surface area contributed by atoms with E-state index in [1.54, 1.807) is 0 Å². The van der Waals surface area contributed by atoms with Crippen molar-refractivity contribution in [2.24, 2.45) is 0 Å². The Balaban J connectivity index is 1.02. The highest BCUT2D eigenvalue weighted by Crippen LogP contribution is 2.42. The molecule has 0 aliphatic rings. The smallest absolute Gasteiger partial charge is 0.0788 e. The fourth-order valence-electron chi connectivity index (χ4n) is 9.17. The summed E-state index contributed by atoms with van der Waals surface area (Å²) in [7, 11) is 0. The van der Waals surface area contributed by atoms with E-state index in [1.165, 1.54) is 59.9 Å². The highest BCUT2D eigenvalue weighted by molar-refractivity contribution is 6.23. The molecule has 0 N–H and O–H groups in total. The molecule has 9 aromatic carbocycles. The number of pyridine rings is 1. The number of fused-ring (bicyclic) bond motifs is 9. The van der Waals surface area contributed by atoms with Crippen LogP contribution in [0.4, 0.5) is 0 Å². The zero-order chi connectivity index (χ0) is 38.2. The number of hydrogen-bond acceptors (Lipinski definition) is 1. The van der Waals surface area contributed by atoms with E-state index in [1.807, 2.05) is 0 Å². The van der Waals surface area contributed by atoms with Gasteiger partial charge < -0.3 is 9.13 Å². The molecule has 0 aliphatic carbocycles. The molecule has 0 amide bonds. The molecular formula is C55H35N3. The van der Waals surface area contributed by atoms with E-state index in [9.17, 15) is 0 Å². The van der Waals surface area contributed by atoms with Crippen LogP contribution in [0.25, 0.3) is 110 Å². The second-order valence-corrected chi connectivity index (χ2v) is 15.2. The van der Waals surface area contributed by atoms with E-state index in [0.717, 1.165) is 50.2 Å². The van der Waals surface area contributed by atoms with Gasteiger partial charge in [-0.15, -0.1) is 0 Å². The molecule has 0 saturated carbocycles. The fourth-order valence-corrected chi connectivity index (χ4v) is 9.17. The lowest BCUT2D eigenvalue weighted by Crippen LogP contribution is -1.96. The van der Waals surface area contributed by atoms with Gasteiger partial charge >= 0.3 is 0 Å². The summed E-state index contributed by atoms with van der Waals surface area (Å²) < 4.78 is 4.89. The first kappa shape index (κ1) is 32.5. The number of benzene rings is 9. The van der Waals surface area contributed by atoms with Crippen LogP contribution in [0, 0.1) is 0 Å². The van der Waals surface area contributed by atoms with Gasteiger partial charge in [0.15, 0.2) is 0 Å². The largest absolute Gasteiger partial charge is 0.309 e. The molecule has 0 spiro atoms. The summed E-state index contributed by atoms with van der Waals surface area (Å²) in [5.74, 6) is 0. The number of hydrogen-bond donors (Lipinski definition) is 0. The summed E-state index contributed by atoms with van der Waals surface area (Å²) in [6, 6.07) is 76.8. The third-order valence-corrected chi connectivity index (χ3v) is 11.9. The van der Waals surface area contributed by atoms with Gasteiger partial charge in [-0.1, -0.05) is 152 Å². The number of rotatable bonds is 5. The molecule has 12 rings (SSSR count). The first-order valence-corrected chi connectivity index (χ1v) is 19.9. The topological polar surface area (TPSA) is 22.8 Å². The average Bonchev–Trinajstić information content (AvgIpc) is 3.80. The van der Waals surface area contributed by atoms with Crippen LogP contribution in [0.5, 0.6) is 0 Å². The molecule has 3 aromatic heterocycles. The van der Waals surface area contributed by atoms with Crippen molar-refractivity contribution in [1.82, 2.24) is 14.1 Å². The van der Waals surface area contributed by atoms with Crippen molar-refractivity contribution >= 4 is 65.3 Å². The molecule has 3 nitrogen and oxygen atoms in total. The maximum absolute atomic E-state index is 5.23. The van der Waals surface area contributed by atoms with Crippen LogP contribution in [0.1, 0.15) is 0 Å². The van der Waals surface area contributed by atoms with E-state index >= 15 is 0 Å². The Hall–Kier alpha value is -7.75. The van der Waals surface area contributed by atoms with E-state index < -0.39 is 0 Å². The Bertz CT molecular complexity index is 3520. The van der Waals surface area contributed by atoms with E-state index in [-0.39, 0.29) is 0 Å². The fraction of sp³-hybridized carbons (Fsp3) is 0. The molecule has 0 radical (unpaired) electrons. The summed E-state index contributed by atoms with van der Waals surface area (Å²) in [4.78, 5) is 5.23. The van der Waals surface area contributed by atoms with Crippen molar-refractivity contribution in [2.75, 3.05) is 0 Å². The van der Waals surface area contributed by atoms with E-state index in [2.05, 4.69) is 221 Å². The molecule has 0 saturated heterocycles. The van der Waals surface area contributed by atoms with Crippen molar-refractivity contribution in [2.45, 2.75) is 0 Å². The average molecular weight is 738 g/mol. The SMILES string of the molecule is c1ccc(-c2cc3cc(-c4ccc(-n5c6ccccc6c6cc7c8ccc9ccccc9c8n(-c8ccccc8)c7cc65)cc4)ccc3nc2-c2ccccc2)cc1. The van der Waals surface area contributed by atoms with Gasteiger partial charge in [0.05, 0.1) is 33.3 Å². The minimum absolute atomic E-state index is 0.983. The van der Waals surface area contributed by atoms with Gasteiger partial charge in [0.1, 0.15) is 0 Å². The van der Waals surface area contributed by atoms with Gasteiger partial charge in [0.2, 0.25) is 0 Å². The molecule has 58 heavy (non-hydrogen) atoms. The second kappa shape index (κ2) is 12.9. The monoisotopic (exact) mass is 737 g/mol. The van der Waals surface area contributed by atoms with Gasteiger partial charge in [-0.2, -0.15) is 0 Å². The number of aromatic nitrogens is 3. The summed E-state index contributed by atoms with van der Waals surface area (Å²) in [5, 5.41) is 8.63. The molecule has 0 unspecified atom stereocenters. The van der Waals surface area contributed by atoms with Gasteiger partial charge in [-0.3, -0.25) is 0 Å². The van der Waals surface area contributed by atoms with Crippen molar-refractivity contribution in [1.29, 1.82) is 0 Å². The normalized spacial score (nSPS) is 11.8. The summed E-state index contributed by atoms with van der Waals surface area (Å²) >= 11 is 0. The van der Waals surface area contributed by atoms with Crippen LogP contribution in [0.15, 0.2) is 212 Å². The highest BCUT2D eigenvalue weighted by atomic mass is 15.0. The lowest BCUT2D eigenvalue weighted by Gasteiger charge is -2.13. The van der Waals surface area contributed by atoms with Crippen molar-refractivity contribution in [3.63, 3.8) is 0 Å². The van der Waals surface area contributed by atoms with E-state index in [0.29, 0.717) is 0 Å². The van der Waals surface area contributed by atoms with Gasteiger partial charge in [-0.25, -0.2) is 4.98 Å². The van der Waals surface area contributed by atoms with Crippen LogP contribution >= 0.6 is 0 Å². The Kier molecular flexibility index (Phi) is 7.23. The first-order valence-electron chi connectivity index (χ1n) is 19.9. The molecule has 3 heterocycles. The third kappa shape index (κ3) is 5.04. The maximum atomic E-state index is 5.23. The second-order valence-electron chi connectivity index (χ2n) is 15.2.